The van der Waals surface area contributed by atoms with Gasteiger partial charge in [-0.15, -0.1) is 0 Å². The van der Waals surface area contributed by atoms with Crippen LogP contribution < -0.4 is 20.1 Å². The van der Waals surface area contributed by atoms with Crippen molar-refractivity contribution < 1.29 is 52.3 Å². The molecule has 3 atom stereocenters. The first-order valence-electron chi connectivity index (χ1n) is 15.3. The lowest BCUT2D eigenvalue weighted by Gasteiger charge is -2.18. The number of carbonyl (C=O) groups is 3. The van der Waals surface area contributed by atoms with Crippen LogP contribution in [-0.4, -0.2) is 77.8 Å². The minimum Gasteiger partial charge on any atom is -0.488 e. The van der Waals surface area contributed by atoms with E-state index in [-0.39, 0.29) is 43.6 Å². The van der Waals surface area contributed by atoms with Crippen molar-refractivity contribution in [3.63, 3.8) is 0 Å². The smallest absolute Gasteiger partial charge is 0.422 e. The number of carboxylic acid groups (broad SMARTS) is 2. The summed E-state index contributed by atoms with van der Waals surface area (Å²) >= 11 is 0. The summed E-state index contributed by atoms with van der Waals surface area (Å²) in [5.74, 6) is -2.12. The molecule has 0 radical (unpaired) electrons. The van der Waals surface area contributed by atoms with Crippen LogP contribution in [-0.2, 0) is 27.2 Å². The van der Waals surface area contributed by atoms with Gasteiger partial charge in [-0.2, -0.15) is 18.4 Å². The summed E-state index contributed by atoms with van der Waals surface area (Å²) in [5, 5.41) is 41.1. The number of hydrogen-bond donors (Lipinski definition) is 5. The molecule has 1 aliphatic carbocycles. The second-order valence-corrected chi connectivity index (χ2v) is 11.2. The average molecular weight is 666 g/mol. The van der Waals surface area contributed by atoms with E-state index in [4.69, 9.17) is 24.8 Å². The number of aliphatic carboxylic acids is 2. The maximum absolute atomic E-state index is 12.4. The fourth-order valence-electron chi connectivity index (χ4n) is 5.29. The van der Waals surface area contributed by atoms with Crippen molar-refractivity contribution in [3.05, 3.63) is 58.7 Å². The molecule has 1 aliphatic rings. The Hall–Kier alpha value is -4.35. The van der Waals surface area contributed by atoms with E-state index in [2.05, 4.69) is 22.8 Å². The number of nitrogens with one attached hydrogen (secondary N) is 2. The van der Waals surface area contributed by atoms with Crippen LogP contribution in [0, 0.1) is 11.3 Å². The Morgan fingerprint density at radius 3 is 2.38 bits per heavy atom. The van der Waals surface area contributed by atoms with Crippen molar-refractivity contribution in [2.24, 2.45) is 0 Å². The van der Waals surface area contributed by atoms with Gasteiger partial charge >= 0.3 is 18.1 Å². The molecule has 2 aromatic carbocycles. The van der Waals surface area contributed by atoms with Gasteiger partial charge in [0, 0.05) is 32.5 Å². The van der Waals surface area contributed by atoms with E-state index in [9.17, 15) is 32.8 Å². The highest BCUT2D eigenvalue weighted by Gasteiger charge is 2.29. The van der Waals surface area contributed by atoms with E-state index >= 15 is 0 Å². The Bertz CT molecular complexity index is 1380. The van der Waals surface area contributed by atoms with Crippen LogP contribution in [0.15, 0.2) is 36.4 Å². The largest absolute Gasteiger partial charge is 0.488 e. The van der Waals surface area contributed by atoms with Crippen molar-refractivity contribution in [3.8, 4) is 17.6 Å². The molecule has 1 amide bonds. The number of aliphatic hydroxyl groups excluding tert-OH is 1. The molecule has 14 heteroatoms. The van der Waals surface area contributed by atoms with Crippen molar-refractivity contribution in [2.75, 3.05) is 26.4 Å². The summed E-state index contributed by atoms with van der Waals surface area (Å²) in [6.45, 7) is 2.81. The lowest BCUT2D eigenvalue weighted by Crippen LogP contribution is -2.39. The zero-order valence-corrected chi connectivity index (χ0v) is 26.4. The summed E-state index contributed by atoms with van der Waals surface area (Å²) in [4.78, 5) is 31.0. The van der Waals surface area contributed by atoms with Crippen molar-refractivity contribution in [2.45, 2.75) is 83.0 Å². The highest BCUT2D eigenvalue weighted by molar-refractivity contribution is 5.82. The van der Waals surface area contributed by atoms with E-state index < -0.39 is 36.7 Å². The van der Waals surface area contributed by atoms with Gasteiger partial charge in [0.1, 0.15) is 12.6 Å². The Morgan fingerprint density at radius 2 is 1.81 bits per heavy atom. The van der Waals surface area contributed by atoms with Crippen LogP contribution in [0.5, 0.6) is 11.5 Å². The number of amides is 1. The molecule has 0 aromatic heterocycles. The minimum absolute atomic E-state index is 0.0624. The molecule has 0 aliphatic heterocycles. The Kier molecular flexibility index (Phi) is 16.0. The van der Waals surface area contributed by atoms with Crippen LogP contribution in [0.1, 0.15) is 74.1 Å². The fourth-order valence-corrected chi connectivity index (χ4v) is 5.29. The predicted molar refractivity (Wildman–Crippen MR) is 165 cm³/mol. The van der Waals surface area contributed by atoms with E-state index in [1.807, 2.05) is 13.0 Å². The maximum atomic E-state index is 12.4. The van der Waals surface area contributed by atoms with E-state index in [1.165, 1.54) is 18.6 Å². The summed E-state index contributed by atoms with van der Waals surface area (Å²) in [6.07, 6.45) is -0.422. The SMILES string of the molecule is CC(=O)N[C@H](CCC(=O)O)C(=O)O.C[C@H](Cc1cc(C#N)c2c(c1)CCC2CCCO)NCCOc1ccccc1OCC(F)(F)F. The number of rotatable bonds is 17. The van der Waals surface area contributed by atoms with Gasteiger partial charge in [-0.1, -0.05) is 18.2 Å². The number of aliphatic hydroxyl groups is 1. The number of nitrogens with zero attached hydrogens (tertiary/aromatic N) is 1. The molecular weight excluding hydrogens is 623 g/mol. The first kappa shape index (κ1) is 38.8. The second kappa shape index (κ2) is 19.3. The molecular formula is C33H42F3N3O8. The lowest BCUT2D eigenvalue weighted by atomic mass is 9.90. The molecule has 47 heavy (non-hydrogen) atoms. The minimum atomic E-state index is -4.41. The number of aryl methyl sites for hydroxylation is 1. The standard InChI is InChI=1S/C26H31F3N2O3.C7H11NO5/c1-18(31-10-12-33-23-6-2-3-7-24(23)34-17-26(27,28)29)13-19-14-21-9-8-20(5-4-11-32)25(21)22(15-19)16-30;1-4(9)8-5(7(12)13)2-3-6(10)11/h2-3,6-7,14-15,18,20,31-32H,4-5,8-13,17H2,1H3;5H,2-3H2,1H3,(H,8,9)(H,10,11)(H,12,13)/t18-,20?;5-/m11/s1. The molecule has 258 valence electrons. The number of carbonyl (C=O) groups excluding carboxylic acids is 1. The molecule has 0 heterocycles. The second-order valence-electron chi connectivity index (χ2n) is 11.2. The van der Waals surface area contributed by atoms with Gasteiger partial charge in [-0.25, -0.2) is 4.79 Å². The van der Waals surface area contributed by atoms with Crippen LogP contribution in [0.4, 0.5) is 13.2 Å². The number of carboxylic acids is 2. The third kappa shape index (κ3) is 14.3. The molecule has 2 aromatic rings. The molecule has 0 saturated heterocycles. The number of halogens is 3. The van der Waals surface area contributed by atoms with E-state index in [1.54, 1.807) is 18.2 Å². The topological polar surface area (TPSA) is 178 Å². The van der Waals surface area contributed by atoms with E-state index in [0.717, 1.165) is 48.8 Å². The quantitative estimate of drug-likeness (QED) is 0.153. The number of benzene rings is 2. The van der Waals surface area contributed by atoms with Crippen molar-refractivity contribution in [1.29, 1.82) is 5.26 Å². The Morgan fingerprint density at radius 1 is 1.13 bits per heavy atom. The predicted octanol–water partition coefficient (Wildman–Crippen LogP) is 4.34. The van der Waals surface area contributed by atoms with Gasteiger partial charge in [0.15, 0.2) is 18.1 Å². The third-order valence-corrected chi connectivity index (χ3v) is 7.28. The number of alkyl halides is 3. The van der Waals surface area contributed by atoms with Gasteiger partial charge in [-0.05, 0) is 86.3 Å². The zero-order chi connectivity index (χ0) is 35.0. The van der Waals surface area contributed by atoms with Gasteiger partial charge in [0.05, 0.1) is 11.6 Å². The van der Waals surface area contributed by atoms with Gasteiger partial charge < -0.3 is 35.4 Å². The molecule has 5 N–H and O–H groups in total. The average Bonchev–Trinajstić information content (AvgIpc) is 3.41. The zero-order valence-electron chi connectivity index (χ0n) is 26.4. The van der Waals surface area contributed by atoms with Crippen molar-refractivity contribution in [1.82, 2.24) is 10.6 Å². The molecule has 0 bridgehead atoms. The lowest BCUT2D eigenvalue weighted by molar-refractivity contribution is -0.153. The van der Waals surface area contributed by atoms with Crippen LogP contribution in [0.3, 0.4) is 0 Å². The summed E-state index contributed by atoms with van der Waals surface area (Å²) in [6, 6.07) is 11.8. The molecule has 1 unspecified atom stereocenters. The van der Waals surface area contributed by atoms with Crippen LogP contribution in [0.2, 0.25) is 0 Å². The highest BCUT2D eigenvalue weighted by atomic mass is 19.4. The third-order valence-electron chi connectivity index (χ3n) is 7.28. The number of ether oxygens (including phenoxy) is 2. The Balaban J connectivity index is 0.000000500. The molecule has 0 fully saturated rings. The molecule has 0 spiro atoms. The van der Waals surface area contributed by atoms with Crippen molar-refractivity contribution >= 4 is 17.8 Å². The van der Waals surface area contributed by atoms with Crippen LogP contribution in [0.25, 0.3) is 0 Å². The monoisotopic (exact) mass is 665 g/mol. The van der Waals surface area contributed by atoms with Gasteiger partial charge in [-0.3, -0.25) is 9.59 Å². The van der Waals surface area contributed by atoms with Gasteiger partial charge in [0.25, 0.3) is 0 Å². The number of fused-ring (bicyclic) bond motifs is 1. The number of para-hydroxylation sites is 2. The maximum Gasteiger partial charge on any atom is 0.422 e. The molecule has 0 saturated carbocycles. The first-order chi connectivity index (χ1) is 22.2. The van der Waals surface area contributed by atoms with Crippen LogP contribution >= 0.6 is 0 Å². The van der Waals surface area contributed by atoms with Gasteiger partial charge in [0.2, 0.25) is 5.91 Å². The first-order valence-corrected chi connectivity index (χ1v) is 15.3. The summed E-state index contributed by atoms with van der Waals surface area (Å²) in [7, 11) is 0. The molecule has 11 nitrogen and oxygen atoms in total. The fraction of sp³-hybridized carbons (Fsp3) is 0.515. The molecule has 3 rings (SSSR count). The number of hydrogen-bond acceptors (Lipinski definition) is 8. The highest BCUT2D eigenvalue weighted by Crippen LogP contribution is 2.39. The summed E-state index contributed by atoms with van der Waals surface area (Å²) < 4.78 is 47.8. The summed E-state index contributed by atoms with van der Waals surface area (Å²) in [5.41, 5.74) is 4.23. The van der Waals surface area contributed by atoms with E-state index in [0.29, 0.717) is 12.5 Å². The Labute approximate surface area is 271 Å². The normalized spacial score (nSPS) is 14.9. The number of nitriles is 1.